The van der Waals surface area contributed by atoms with E-state index >= 15 is 0 Å². The third kappa shape index (κ3) is 1.75. The minimum absolute atomic E-state index is 0.0260. The van der Waals surface area contributed by atoms with Gasteiger partial charge in [-0.05, 0) is 25.3 Å². The molecule has 2 rings (SSSR count). The summed E-state index contributed by atoms with van der Waals surface area (Å²) in [6.07, 6.45) is 7.43. The maximum Gasteiger partial charge on any atom is 0.145 e. The van der Waals surface area contributed by atoms with Crippen molar-refractivity contribution in [3.05, 3.63) is 41.9 Å². The fraction of sp³-hybridized carbons (Fsp3) is 0.200. The number of pyridine rings is 1. The van der Waals surface area contributed by atoms with E-state index in [1.54, 1.807) is 6.21 Å². The van der Waals surface area contributed by atoms with Crippen LogP contribution in [-0.4, -0.2) is 11.2 Å². The minimum atomic E-state index is 0.0260. The van der Waals surface area contributed by atoms with Gasteiger partial charge in [-0.2, -0.15) is 0 Å². The summed E-state index contributed by atoms with van der Waals surface area (Å²) in [6.45, 7) is 1.97. The fourth-order valence-corrected chi connectivity index (χ4v) is 1.19. The number of hydrogen-bond donors (Lipinski definition) is 1. The summed E-state index contributed by atoms with van der Waals surface area (Å²) in [4.78, 5) is 8.48. The minimum Gasteiger partial charge on any atom is -0.366 e. The molecule has 0 radical (unpaired) electrons. The van der Waals surface area contributed by atoms with Gasteiger partial charge in [-0.3, -0.25) is 9.98 Å². The average Bonchev–Trinajstić information content (AvgIpc) is 2.20. The van der Waals surface area contributed by atoms with Crippen LogP contribution in [0.1, 0.15) is 17.4 Å². The summed E-state index contributed by atoms with van der Waals surface area (Å²) >= 11 is 0. The third-order valence-corrected chi connectivity index (χ3v) is 1.92. The van der Waals surface area contributed by atoms with Gasteiger partial charge in [-0.25, -0.2) is 0 Å². The Kier molecular flexibility index (Phi) is 2.08. The van der Waals surface area contributed by atoms with Crippen LogP contribution in [0.15, 0.2) is 35.6 Å². The Morgan fingerprint density at radius 2 is 2.31 bits per heavy atom. The number of nitrogens with one attached hydrogen (secondary N) is 1. The first kappa shape index (κ1) is 7.98. The maximum atomic E-state index is 4.27. The molecule has 1 atom stereocenters. The molecule has 0 aliphatic carbocycles. The van der Waals surface area contributed by atoms with Crippen LogP contribution in [0.2, 0.25) is 0 Å². The number of aryl methyl sites for hydroxylation is 1. The molecule has 0 fully saturated rings. The molecule has 66 valence electrons. The first-order valence-corrected chi connectivity index (χ1v) is 4.23. The lowest BCUT2D eigenvalue weighted by atomic mass is 10.2. The van der Waals surface area contributed by atoms with Crippen LogP contribution in [0.25, 0.3) is 0 Å². The summed E-state index contributed by atoms with van der Waals surface area (Å²) in [5, 5.41) is 3.14. The van der Waals surface area contributed by atoms with E-state index in [4.69, 9.17) is 0 Å². The van der Waals surface area contributed by atoms with Crippen LogP contribution >= 0.6 is 0 Å². The molecule has 3 nitrogen and oxygen atoms in total. The monoisotopic (exact) mass is 173 g/mol. The van der Waals surface area contributed by atoms with Gasteiger partial charge in [0, 0.05) is 23.7 Å². The van der Waals surface area contributed by atoms with Crippen molar-refractivity contribution < 1.29 is 0 Å². The molecule has 0 spiro atoms. The normalized spacial score (nSPS) is 19.9. The van der Waals surface area contributed by atoms with Crippen LogP contribution in [-0.2, 0) is 0 Å². The first-order chi connectivity index (χ1) is 6.36. The molecule has 1 aliphatic heterocycles. The Morgan fingerprint density at radius 1 is 1.38 bits per heavy atom. The Morgan fingerprint density at radius 3 is 2.92 bits per heavy atom. The molecule has 0 aromatic carbocycles. The smallest absolute Gasteiger partial charge is 0.145 e. The number of rotatable bonds is 1. The van der Waals surface area contributed by atoms with Crippen molar-refractivity contribution in [1.82, 2.24) is 10.3 Å². The van der Waals surface area contributed by atoms with Crippen molar-refractivity contribution >= 4 is 6.21 Å². The second-order valence-corrected chi connectivity index (χ2v) is 2.96. The van der Waals surface area contributed by atoms with E-state index in [0.717, 1.165) is 11.3 Å². The van der Waals surface area contributed by atoms with E-state index in [0.29, 0.717) is 0 Å². The highest BCUT2D eigenvalue weighted by Crippen LogP contribution is 2.14. The second kappa shape index (κ2) is 3.39. The topological polar surface area (TPSA) is 37.3 Å². The van der Waals surface area contributed by atoms with E-state index in [1.807, 2.05) is 37.5 Å². The molecule has 3 heteroatoms. The summed E-state index contributed by atoms with van der Waals surface area (Å²) < 4.78 is 0. The number of allylic oxidation sites excluding steroid dienone is 1. The summed E-state index contributed by atoms with van der Waals surface area (Å²) in [6, 6.07) is 4.03. The number of aliphatic imine (C=N–C) groups is 1. The zero-order chi connectivity index (χ0) is 9.10. The molecule has 0 saturated heterocycles. The van der Waals surface area contributed by atoms with Crippen molar-refractivity contribution in [3.63, 3.8) is 0 Å². The summed E-state index contributed by atoms with van der Waals surface area (Å²) in [5.74, 6) is 0. The predicted octanol–water partition coefficient (Wildman–Crippen LogP) is 1.58. The van der Waals surface area contributed by atoms with Gasteiger partial charge < -0.3 is 5.32 Å². The fourth-order valence-electron chi connectivity index (χ4n) is 1.19. The van der Waals surface area contributed by atoms with Gasteiger partial charge in [0.25, 0.3) is 0 Å². The first-order valence-electron chi connectivity index (χ1n) is 4.23. The molecule has 1 aromatic heterocycles. The highest BCUT2D eigenvalue weighted by molar-refractivity contribution is 5.72. The molecule has 1 aliphatic rings. The quantitative estimate of drug-likeness (QED) is 0.700. The van der Waals surface area contributed by atoms with Crippen molar-refractivity contribution in [2.45, 2.75) is 13.1 Å². The van der Waals surface area contributed by atoms with E-state index in [1.165, 1.54) is 0 Å². The molecular formula is C10H11N3. The Labute approximate surface area is 77.2 Å². The average molecular weight is 173 g/mol. The van der Waals surface area contributed by atoms with Crippen molar-refractivity contribution in [2.24, 2.45) is 4.99 Å². The predicted molar refractivity (Wildman–Crippen MR) is 52.5 cm³/mol. The van der Waals surface area contributed by atoms with Crippen LogP contribution in [0.5, 0.6) is 0 Å². The van der Waals surface area contributed by atoms with Crippen LogP contribution in [0.3, 0.4) is 0 Å². The Balaban J connectivity index is 2.21. The number of nitrogens with zero attached hydrogens (tertiary/aromatic N) is 2. The molecule has 1 N–H and O–H groups in total. The summed E-state index contributed by atoms with van der Waals surface area (Å²) in [7, 11) is 0. The second-order valence-electron chi connectivity index (χ2n) is 2.96. The lowest BCUT2D eigenvalue weighted by molar-refractivity contribution is 0.650. The number of hydrogen-bond acceptors (Lipinski definition) is 3. The van der Waals surface area contributed by atoms with Gasteiger partial charge >= 0.3 is 0 Å². The van der Waals surface area contributed by atoms with E-state index < -0.39 is 0 Å². The molecule has 0 bridgehead atoms. The standard InChI is InChI=1S/C10H11N3/c1-8-3-4-9(7-13-8)10-11-5-2-6-12-10/h2-7,10-11H,1H3. The zero-order valence-corrected chi connectivity index (χ0v) is 7.44. The van der Waals surface area contributed by atoms with E-state index in [-0.39, 0.29) is 6.17 Å². The maximum absolute atomic E-state index is 4.27. The molecule has 0 amide bonds. The van der Waals surface area contributed by atoms with Gasteiger partial charge in [-0.15, -0.1) is 0 Å². The van der Waals surface area contributed by atoms with Gasteiger partial charge in [0.2, 0.25) is 0 Å². The Hall–Kier alpha value is -1.64. The molecule has 1 aromatic rings. The largest absolute Gasteiger partial charge is 0.366 e. The van der Waals surface area contributed by atoms with Gasteiger partial charge in [-0.1, -0.05) is 6.07 Å². The highest BCUT2D eigenvalue weighted by atomic mass is 15.1. The van der Waals surface area contributed by atoms with E-state index in [2.05, 4.69) is 15.3 Å². The van der Waals surface area contributed by atoms with Crippen LogP contribution in [0.4, 0.5) is 0 Å². The van der Waals surface area contributed by atoms with Gasteiger partial charge in [0.15, 0.2) is 0 Å². The van der Waals surface area contributed by atoms with Gasteiger partial charge in [0.05, 0.1) is 0 Å². The Bertz CT molecular complexity index is 338. The van der Waals surface area contributed by atoms with Crippen LogP contribution in [0, 0.1) is 6.92 Å². The van der Waals surface area contributed by atoms with Crippen LogP contribution < -0.4 is 5.32 Å². The zero-order valence-electron chi connectivity index (χ0n) is 7.44. The highest BCUT2D eigenvalue weighted by Gasteiger charge is 2.07. The number of aromatic nitrogens is 1. The SMILES string of the molecule is Cc1ccc(C2N=CC=CN2)cn1. The van der Waals surface area contributed by atoms with E-state index in [9.17, 15) is 0 Å². The van der Waals surface area contributed by atoms with Crippen molar-refractivity contribution in [3.8, 4) is 0 Å². The molecular weight excluding hydrogens is 162 g/mol. The van der Waals surface area contributed by atoms with Gasteiger partial charge in [0.1, 0.15) is 6.17 Å². The third-order valence-electron chi connectivity index (χ3n) is 1.92. The molecule has 2 heterocycles. The van der Waals surface area contributed by atoms with Crippen molar-refractivity contribution in [1.29, 1.82) is 0 Å². The molecule has 0 saturated carbocycles. The summed E-state index contributed by atoms with van der Waals surface area (Å²) in [5.41, 5.74) is 2.12. The lowest BCUT2D eigenvalue weighted by Crippen LogP contribution is -2.16. The molecule has 13 heavy (non-hydrogen) atoms. The van der Waals surface area contributed by atoms with Crippen molar-refractivity contribution in [2.75, 3.05) is 0 Å². The molecule has 1 unspecified atom stereocenters. The lowest BCUT2D eigenvalue weighted by Gasteiger charge is -2.14.